The maximum Gasteiger partial charge on any atom is 0.419 e. The van der Waals surface area contributed by atoms with E-state index in [1.807, 2.05) is 0 Å². The molecule has 0 saturated carbocycles. The SMILES string of the molecule is CCOC(=O)/C=C\COc1ccc(-c2ccc(C(=O)N3CCC(F)(F)CC3)cn2)cc1C(F)(F)F. The van der Waals surface area contributed by atoms with Crippen LogP contribution >= 0.6 is 0 Å². The summed E-state index contributed by atoms with van der Waals surface area (Å²) < 4.78 is 77.3. The molecule has 2 aromatic rings. The van der Waals surface area contributed by atoms with Crippen molar-refractivity contribution >= 4 is 11.9 Å². The quantitative estimate of drug-likeness (QED) is 0.301. The number of alkyl halides is 5. The molecule has 3 rings (SSSR count). The van der Waals surface area contributed by atoms with Crippen molar-refractivity contribution in [3.8, 4) is 17.0 Å². The molecule has 0 atom stereocenters. The van der Waals surface area contributed by atoms with Gasteiger partial charge in [0.05, 0.1) is 23.4 Å². The van der Waals surface area contributed by atoms with Gasteiger partial charge in [-0.1, -0.05) is 0 Å². The van der Waals surface area contributed by atoms with Gasteiger partial charge in [-0.25, -0.2) is 13.6 Å². The molecule has 1 amide bonds. The summed E-state index contributed by atoms with van der Waals surface area (Å²) >= 11 is 0. The first-order chi connectivity index (χ1) is 16.5. The van der Waals surface area contributed by atoms with Crippen LogP contribution in [0.4, 0.5) is 22.0 Å². The van der Waals surface area contributed by atoms with Crippen LogP contribution in [-0.4, -0.2) is 54.0 Å². The first-order valence-corrected chi connectivity index (χ1v) is 10.8. The van der Waals surface area contributed by atoms with Crippen molar-refractivity contribution in [3.63, 3.8) is 0 Å². The van der Waals surface area contributed by atoms with Crippen molar-refractivity contribution in [2.24, 2.45) is 0 Å². The molecule has 0 N–H and O–H groups in total. The van der Waals surface area contributed by atoms with E-state index >= 15 is 0 Å². The Bertz CT molecular complexity index is 1070. The standard InChI is InChI=1S/C24H23F5N2O4/c1-2-34-21(32)4-3-13-35-20-8-6-16(14-18(20)24(27,28)29)19-7-5-17(15-30-19)22(33)31-11-9-23(25,26)10-12-31/h3-8,14-15H,2,9-13H2,1H3/b4-3-. The Morgan fingerprint density at radius 1 is 1.14 bits per heavy atom. The molecule has 1 aliphatic rings. The molecule has 6 nitrogen and oxygen atoms in total. The summed E-state index contributed by atoms with van der Waals surface area (Å²) in [5.41, 5.74) is -0.548. The highest BCUT2D eigenvalue weighted by atomic mass is 19.4. The fourth-order valence-corrected chi connectivity index (χ4v) is 3.42. The number of benzene rings is 1. The Hall–Kier alpha value is -3.50. The Balaban J connectivity index is 1.73. The molecule has 11 heteroatoms. The van der Waals surface area contributed by atoms with Crippen LogP contribution in [0.2, 0.25) is 0 Å². The minimum atomic E-state index is -4.72. The third-order valence-corrected chi connectivity index (χ3v) is 5.25. The molecule has 0 radical (unpaired) electrons. The lowest BCUT2D eigenvalue weighted by Gasteiger charge is -2.31. The topological polar surface area (TPSA) is 68.7 Å². The molecule has 1 aromatic heterocycles. The Labute approximate surface area is 198 Å². The predicted molar refractivity (Wildman–Crippen MR) is 116 cm³/mol. The largest absolute Gasteiger partial charge is 0.489 e. The smallest absolute Gasteiger partial charge is 0.419 e. The van der Waals surface area contributed by atoms with Gasteiger partial charge < -0.3 is 14.4 Å². The molecule has 0 spiro atoms. The number of hydrogen-bond donors (Lipinski definition) is 0. The third-order valence-electron chi connectivity index (χ3n) is 5.25. The molecule has 188 valence electrons. The molecular formula is C24H23F5N2O4. The molecule has 0 unspecified atom stereocenters. The zero-order valence-electron chi connectivity index (χ0n) is 18.8. The number of hydrogen-bond acceptors (Lipinski definition) is 5. The molecule has 0 aliphatic carbocycles. The lowest BCUT2D eigenvalue weighted by Crippen LogP contribution is -2.42. The molecule has 1 fully saturated rings. The number of likely N-dealkylation sites (tertiary alicyclic amines) is 1. The minimum Gasteiger partial charge on any atom is -0.489 e. The number of nitrogens with zero attached hydrogens (tertiary/aromatic N) is 2. The summed E-state index contributed by atoms with van der Waals surface area (Å²) in [6.07, 6.45) is -2.04. The Morgan fingerprint density at radius 2 is 1.86 bits per heavy atom. The van der Waals surface area contributed by atoms with Crippen molar-refractivity contribution in [3.05, 3.63) is 59.8 Å². The van der Waals surface area contributed by atoms with Gasteiger partial charge in [0.15, 0.2) is 0 Å². The predicted octanol–water partition coefficient (Wildman–Crippen LogP) is 5.14. The summed E-state index contributed by atoms with van der Waals surface area (Å²) in [5.74, 6) is -4.31. The van der Waals surface area contributed by atoms with Crippen molar-refractivity contribution in [1.82, 2.24) is 9.88 Å². The van der Waals surface area contributed by atoms with E-state index in [0.29, 0.717) is 0 Å². The molecule has 1 aromatic carbocycles. The number of pyridine rings is 1. The fourth-order valence-electron chi connectivity index (χ4n) is 3.42. The second-order valence-electron chi connectivity index (χ2n) is 7.75. The van der Waals surface area contributed by atoms with Crippen LogP contribution in [0, 0.1) is 0 Å². The molecule has 2 heterocycles. The van der Waals surface area contributed by atoms with Crippen LogP contribution in [-0.2, 0) is 15.7 Å². The zero-order valence-corrected chi connectivity index (χ0v) is 18.8. The number of halogens is 5. The van der Waals surface area contributed by atoms with Gasteiger partial charge in [0, 0.05) is 43.8 Å². The number of carbonyl (C=O) groups is 2. The maximum atomic E-state index is 13.6. The van der Waals surface area contributed by atoms with Gasteiger partial charge in [-0.2, -0.15) is 13.2 Å². The monoisotopic (exact) mass is 498 g/mol. The lowest BCUT2D eigenvalue weighted by molar-refractivity contribution is -0.139. The summed E-state index contributed by atoms with van der Waals surface area (Å²) in [6, 6.07) is 6.20. The van der Waals surface area contributed by atoms with E-state index < -0.39 is 48.1 Å². The van der Waals surface area contributed by atoms with Gasteiger partial charge in [0.2, 0.25) is 0 Å². The van der Waals surface area contributed by atoms with Crippen molar-refractivity contribution in [1.29, 1.82) is 0 Å². The highest BCUT2D eigenvalue weighted by Crippen LogP contribution is 2.38. The molecule has 35 heavy (non-hydrogen) atoms. The second kappa shape index (κ2) is 10.8. The van der Waals surface area contributed by atoms with Crippen molar-refractivity contribution in [2.45, 2.75) is 31.9 Å². The van der Waals surface area contributed by atoms with E-state index in [1.54, 1.807) is 6.92 Å². The van der Waals surface area contributed by atoms with Gasteiger partial charge in [-0.3, -0.25) is 9.78 Å². The van der Waals surface area contributed by atoms with E-state index in [1.165, 1.54) is 35.4 Å². The maximum absolute atomic E-state index is 13.6. The molecule has 1 saturated heterocycles. The molecular weight excluding hydrogens is 475 g/mol. The summed E-state index contributed by atoms with van der Waals surface area (Å²) in [7, 11) is 0. The lowest BCUT2D eigenvalue weighted by atomic mass is 10.0. The highest BCUT2D eigenvalue weighted by molar-refractivity contribution is 5.94. The number of ether oxygens (including phenoxy) is 2. The molecule has 1 aliphatic heterocycles. The van der Waals surface area contributed by atoms with Crippen LogP contribution in [0.3, 0.4) is 0 Å². The van der Waals surface area contributed by atoms with Crippen molar-refractivity contribution in [2.75, 3.05) is 26.3 Å². The Morgan fingerprint density at radius 3 is 2.46 bits per heavy atom. The van der Waals surface area contributed by atoms with E-state index in [4.69, 9.17) is 4.74 Å². The van der Waals surface area contributed by atoms with Crippen LogP contribution < -0.4 is 4.74 Å². The number of amides is 1. The van der Waals surface area contributed by atoms with E-state index in [2.05, 4.69) is 9.72 Å². The van der Waals surface area contributed by atoms with E-state index in [9.17, 15) is 31.5 Å². The molecule has 0 bridgehead atoms. The second-order valence-corrected chi connectivity index (χ2v) is 7.75. The fraction of sp³-hybridized carbons (Fsp3) is 0.375. The first kappa shape index (κ1) is 26.1. The van der Waals surface area contributed by atoms with Crippen molar-refractivity contribution < 1.29 is 41.0 Å². The highest BCUT2D eigenvalue weighted by Gasteiger charge is 2.36. The average Bonchev–Trinajstić information content (AvgIpc) is 2.81. The summed E-state index contributed by atoms with van der Waals surface area (Å²) in [6.45, 7) is 1.35. The van der Waals surface area contributed by atoms with Gasteiger partial charge in [0.25, 0.3) is 11.8 Å². The van der Waals surface area contributed by atoms with Crippen LogP contribution in [0.15, 0.2) is 48.7 Å². The average molecular weight is 498 g/mol. The first-order valence-electron chi connectivity index (χ1n) is 10.8. The number of aromatic nitrogens is 1. The van der Waals surface area contributed by atoms with Crippen LogP contribution in [0.5, 0.6) is 5.75 Å². The number of carbonyl (C=O) groups excluding carboxylic acids is 2. The normalized spacial score (nSPS) is 15.8. The summed E-state index contributed by atoms with van der Waals surface area (Å²) in [5, 5.41) is 0. The van der Waals surface area contributed by atoms with Gasteiger partial charge >= 0.3 is 12.1 Å². The van der Waals surface area contributed by atoms with E-state index in [0.717, 1.165) is 18.2 Å². The van der Waals surface area contributed by atoms with Crippen LogP contribution in [0.1, 0.15) is 35.7 Å². The van der Waals surface area contributed by atoms with Gasteiger partial charge in [-0.15, -0.1) is 0 Å². The minimum absolute atomic E-state index is 0.0844. The van der Waals surface area contributed by atoms with Gasteiger partial charge in [0.1, 0.15) is 12.4 Å². The van der Waals surface area contributed by atoms with Crippen LogP contribution in [0.25, 0.3) is 11.3 Å². The summed E-state index contributed by atoms with van der Waals surface area (Å²) in [4.78, 5) is 29.2. The Kier molecular flexibility index (Phi) is 8.08. The van der Waals surface area contributed by atoms with E-state index in [-0.39, 0.29) is 43.1 Å². The zero-order chi connectivity index (χ0) is 25.6. The van der Waals surface area contributed by atoms with Gasteiger partial charge in [-0.05, 0) is 43.3 Å². The number of esters is 1. The number of piperidine rings is 1. The number of rotatable bonds is 7. The third kappa shape index (κ3) is 7.00.